The summed E-state index contributed by atoms with van der Waals surface area (Å²) in [6.07, 6.45) is 3.82. The van der Waals surface area contributed by atoms with E-state index in [2.05, 4.69) is 6.92 Å². The van der Waals surface area contributed by atoms with Crippen molar-refractivity contribution in [2.75, 3.05) is 6.61 Å². The zero-order chi connectivity index (χ0) is 5.98. The SMILES string of the molecule is CC1CCC(CO)C1.[Ir]. The normalized spacial score (nSPS) is 34.0. The molecule has 0 aliphatic heterocycles. The maximum atomic E-state index is 8.68. The zero-order valence-corrected chi connectivity index (χ0v) is 8.16. The largest absolute Gasteiger partial charge is 0.396 e. The van der Waals surface area contributed by atoms with Gasteiger partial charge in [-0.25, -0.2) is 0 Å². The third-order valence-corrected chi connectivity index (χ3v) is 2.06. The van der Waals surface area contributed by atoms with Gasteiger partial charge in [-0.05, 0) is 24.7 Å². The summed E-state index contributed by atoms with van der Waals surface area (Å²) in [7, 11) is 0. The number of hydrogen-bond acceptors (Lipinski definition) is 1. The second-order valence-electron chi connectivity index (χ2n) is 2.97. The fourth-order valence-corrected chi connectivity index (χ4v) is 1.49. The van der Waals surface area contributed by atoms with Gasteiger partial charge in [0, 0.05) is 26.7 Å². The van der Waals surface area contributed by atoms with Crippen LogP contribution in [-0.2, 0) is 20.1 Å². The molecule has 1 N–H and O–H groups in total. The molecule has 0 bridgehead atoms. The van der Waals surface area contributed by atoms with Crippen LogP contribution in [-0.4, -0.2) is 11.7 Å². The number of rotatable bonds is 1. The van der Waals surface area contributed by atoms with Crippen molar-refractivity contribution in [2.45, 2.75) is 26.2 Å². The van der Waals surface area contributed by atoms with Crippen LogP contribution in [0.3, 0.4) is 0 Å². The summed E-state index contributed by atoms with van der Waals surface area (Å²) in [4.78, 5) is 0. The Morgan fingerprint density at radius 3 is 2.33 bits per heavy atom. The molecule has 2 atom stereocenters. The second kappa shape index (κ2) is 4.43. The van der Waals surface area contributed by atoms with E-state index in [0.717, 1.165) is 5.92 Å². The fraction of sp³-hybridized carbons (Fsp3) is 1.00. The van der Waals surface area contributed by atoms with Crippen molar-refractivity contribution < 1.29 is 25.2 Å². The first-order chi connectivity index (χ1) is 3.83. The van der Waals surface area contributed by atoms with Crippen LogP contribution in [0.2, 0.25) is 0 Å². The average molecular weight is 306 g/mol. The zero-order valence-electron chi connectivity index (χ0n) is 5.76. The Bertz CT molecular complexity index is 75.3. The topological polar surface area (TPSA) is 20.2 Å². The van der Waals surface area contributed by atoms with Gasteiger partial charge in [-0.3, -0.25) is 0 Å². The van der Waals surface area contributed by atoms with Crippen LogP contribution in [0.1, 0.15) is 26.2 Å². The smallest absolute Gasteiger partial charge is 0.0459 e. The molecule has 0 saturated heterocycles. The minimum atomic E-state index is 0. The van der Waals surface area contributed by atoms with Crippen LogP contribution < -0.4 is 0 Å². The Kier molecular flexibility index (Phi) is 4.73. The van der Waals surface area contributed by atoms with E-state index in [9.17, 15) is 0 Å². The summed E-state index contributed by atoms with van der Waals surface area (Å²) in [5, 5.41) is 8.68. The predicted molar refractivity (Wildman–Crippen MR) is 33.6 cm³/mol. The maximum Gasteiger partial charge on any atom is 0.0459 e. The molecule has 1 fully saturated rings. The van der Waals surface area contributed by atoms with Crippen molar-refractivity contribution in [3.8, 4) is 0 Å². The van der Waals surface area contributed by atoms with Gasteiger partial charge in [0.15, 0.2) is 0 Å². The molecule has 0 amide bonds. The summed E-state index contributed by atoms with van der Waals surface area (Å²) < 4.78 is 0. The van der Waals surface area contributed by atoms with E-state index in [0.29, 0.717) is 12.5 Å². The van der Waals surface area contributed by atoms with Crippen molar-refractivity contribution in [3.05, 3.63) is 0 Å². The Balaban J connectivity index is 0.000000640. The molecule has 9 heavy (non-hydrogen) atoms. The van der Waals surface area contributed by atoms with Crippen molar-refractivity contribution in [1.29, 1.82) is 0 Å². The van der Waals surface area contributed by atoms with Gasteiger partial charge in [-0.15, -0.1) is 0 Å². The Morgan fingerprint density at radius 2 is 2.11 bits per heavy atom. The van der Waals surface area contributed by atoms with Crippen LogP contribution in [0.25, 0.3) is 0 Å². The van der Waals surface area contributed by atoms with Gasteiger partial charge in [-0.1, -0.05) is 13.3 Å². The Hall–Kier alpha value is 0.609. The van der Waals surface area contributed by atoms with E-state index in [-0.39, 0.29) is 20.1 Å². The quantitative estimate of drug-likeness (QED) is 0.777. The Labute approximate surface area is 70.2 Å². The second-order valence-corrected chi connectivity index (χ2v) is 2.97. The molecule has 1 aliphatic rings. The molecule has 1 aliphatic carbocycles. The molecule has 1 saturated carbocycles. The van der Waals surface area contributed by atoms with Crippen molar-refractivity contribution in [3.63, 3.8) is 0 Å². The maximum absolute atomic E-state index is 8.68. The summed E-state index contributed by atoms with van der Waals surface area (Å²) in [6, 6.07) is 0. The molecule has 0 aromatic rings. The van der Waals surface area contributed by atoms with E-state index >= 15 is 0 Å². The van der Waals surface area contributed by atoms with Crippen LogP contribution in [0.5, 0.6) is 0 Å². The number of aliphatic hydroxyl groups is 1. The molecule has 2 unspecified atom stereocenters. The van der Waals surface area contributed by atoms with Crippen molar-refractivity contribution in [2.24, 2.45) is 11.8 Å². The van der Waals surface area contributed by atoms with Gasteiger partial charge < -0.3 is 5.11 Å². The predicted octanol–water partition coefficient (Wildman–Crippen LogP) is 1.41. The molecule has 0 heterocycles. The minimum Gasteiger partial charge on any atom is -0.396 e. The third-order valence-electron chi connectivity index (χ3n) is 2.06. The molecule has 1 nitrogen and oxygen atoms in total. The molecular formula is C7H14IrO. The summed E-state index contributed by atoms with van der Waals surface area (Å²) in [5.41, 5.74) is 0. The third kappa shape index (κ3) is 2.79. The van der Waals surface area contributed by atoms with Gasteiger partial charge in [-0.2, -0.15) is 0 Å². The minimum absolute atomic E-state index is 0. The number of aliphatic hydroxyl groups excluding tert-OH is 1. The molecule has 2 heteroatoms. The molecule has 0 aromatic heterocycles. The van der Waals surface area contributed by atoms with E-state index in [1.807, 2.05) is 0 Å². The summed E-state index contributed by atoms with van der Waals surface area (Å²) in [5.74, 6) is 1.50. The molecular weight excluding hydrogens is 292 g/mol. The summed E-state index contributed by atoms with van der Waals surface area (Å²) >= 11 is 0. The van der Waals surface area contributed by atoms with E-state index in [1.165, 1.54) is 19.3 Å². The van der Waals surface area contributed by atoms with Gasteiger partial charge in [0.1, 0.15) is 0 Å². The van der Waals surface area contributed by atoms with Gasteiger partial charge in [0.2, 0.25) is 0 Å². The number of hydrogen-bond donors (Lipinski definition) is 1. The van der Waals surface area contributed by atoms with Gasteiger partial charge in [0.05, 0.1) is 0 Å². The first-order valence-electron chi connectivity index (χ1n) is 3.43. The van der Waals surface area contributed by atoms with E-state index in [4.69, 9.17) is 5.11 Å². The summed E-state index contributed by atoms with van der Waals surface area (Å²) in [6.45, 7) is 2.67. The van der Waals surface area contributed by atoms with Crippen LogP contribution in [0.15, 0.2) is 0 Å². The Morgan fingerprint density at radius 1 is 1.44 bits per heavy atom. The van der Waals surface area contributed by atoms with E-state index < -0.39 is 0 Å². The molecule has 0 spiro atoms. The molecule has 1 rings (SSSR count). The molecule has 1 radical (unpaired) electrons. The first kappa shape index (κ1) is 9.61. The standard InChI is InChI=1S/C7H14O.Ir/c1-6-2-3-7(4-6)5-8;/h6-8H,2-5H2,1H3;. The fourth-order valence-electron chi connectivity index (χ4n) is 1.49. The molecule has 0 aromatic carbocycles. The van der Waals surface area contributed by atoms with Gasteiger partial charge >= 0.3 is 0 Å². The van der Waals surface area contributed by atoms with Crippen molar-refractivity contribution >= 4 is 0 Å². The van der Waals surface area contributed by atoms with Gasteiger partial charge in [0.25, 0.3) is 0 Å². The van der Waals surface area contributed by atoms with Crippen molar-refractivity contribution in [1.82, 2.24) is 0 Å². The monoisotopic (exact) mass is 307 g/mol. The first-order valence-corrected chi connectivity index (χ1v) is 3.43. The van der Waals surface area contributed by atoms with Crippen LogP contribution >= 0.6 is 0 Å². The van der Waals surface area contributed by atoms with Crippen LogP contribution in [0, 0.1) is 11.8 Å². The van der Waals surface area contributed by atoms with Crippen LogP contribution in [0.4, 0.5) is 0 Å². The molecule has 57 valence electrons. The van der Waals surface area contributed by atoms with E-state index in [1.54, 1.807) is 0 Å². The average Bonchev–Trinajstić information content (AvgIpc) is 2.14.